The standard InChI is InChI=1S/C10H12N2O3/c13-10(14)9-8-7(4-15-9)11-3-6(12-8)5-1-2-5/h4-6,11-12H,1-3H2,(H,13,14). The van der Waals surface area contributed by atoms with Crippen molar-refractivity contribution < 1.29 is 14.3 Å². The summed E-state index contributed by atoms with van der Waals surface area (Å²) in [6.07, 6.45) is 3.92. The van der Waals surface area contributed by atoms with Gasteiger partial charge in [0.25, 0.3) is 0 Å². The second-order valence-corrected chi connectivity index (χ2v) is 4.13. The highest BCUT2D eigenvalue weighted by molar-refractivity contribution is 5.95. The molecule has 5 heteroatoms. The van der Waals surface area contributed by atoms with E-state index in [0.29, 0.717) is 17.6 Å². The van der Waals surface area contributed by atoms with E-state index in [4.69, 9.17) is 9.52 Å². The second kappa shape index (κ2) is 2.92. The first-order valence-electron chi connectivity index (χ1n) is 5.11. The van der Waals surface area contributed by atoms with Crippen molar-refractivity contribution in [2.24, 2.45) is 5.92 Å². The van der Waals surface area contributed by atoms with Crippen LogP contribution < -0.4 is 10.6 Å². The van der Waals surface area contributed by atoms with E-state index < -0.39 is 5.97 Å². The van der Waals surface area contributed by atoms with Gasteiger partial charge in [0.1, 0.15) is 12.0 Å². The van der Waals surface area contributed by atoms with Crippen LogP contribution in [0.15, 0.2) is 10.7 Å². The third kappa shape index (κ3) is 1.35. The summed E-state index contributed by atoms with van der Waals surface area (Å²) >= 11 is 0. The molecule has 0 spiro atoms. The summed E-state index contributed by atoms with van der Waals surface area (Å²) in [5.74, 6) is -0.341. The third-order valence-corrected chi connectivity index (χ3v) is 3.02. The number of carbonyl (C=O) groups is 1. The van der Waals surface area contributed by atoms with Gasteiger partial charge in [-0.3, -0.25) is 0 Å². The Labute approximate surface area is 86.5 Å². The molecule has 0 amide bonds. The molecule has 5 nitrogen and oxygen atoms in total. The number of hydrogen-bond acceptors (Lipinski definition) is 4. The lowest BCUT2D eigenvalue weighted by Crippen LogP contribution is -2.34. The van der Waals surface area contributed by atoms with Crippen molar-refractivity contribution in [3.05, 3.63) is 12.0 Å². The van der Waals surface area contributed by atoms with Gasteiger partial charge in [0.2, 0.25) is 5.76 Å². The minimum Gasteiger partial charge on any atom is -0.475 e. The zero-order valence-corrected chi connectivity index (χ0v) is 8.12. The average molecular weight is 208 g/mol. The van der Waals surface area contributed by atoms with Gasteiger partial charge in [-0.25, -0.2) is 4.79 Å². The molecular formula is C10H12N2O3. The maximum Gasteiger partial charge on any atom is 0.374 e. The summed E-state index contributed by atoms with van der Waals surface area (Å²) in [6, 6.07) is 0.341. The zero-order valence-electron chi connectivity index (χ0n) is 8.12. The molecule has 1 atom stereocenters. The smallest absolute Gasteiger partial charge is 0.374 e. The maximum absolute atomic E-state index is 10.9. The molecule has 1 unspecified atom stereocenters. The number of nitrogens with one attached hydrogen (secondary N) is 2. The largest absolute Gasteiger partial charge is 0.475 e. The van der Waals surface area contributed by atoms with Crippen LogP contribution in [0.2, 0.25) is 0 Å². The van der Waals surface area contributed by atoms with Crippen molar-refractivity contribution in [3.63, 3.8) is 0 Å². The molecule has 0 aromatic carbocycles. The van der Waals surface area contributed by atoms with Gasteiger partial charge in [-0.05, 0) is 18.8 Å². The molecule has 2 heterocycles. The average Bonchev–Trinajstić information content (AvgIpc) is 2.97. The Kier molecular flexibility index (Phi) is 1.68. The van der Waals surface area contributed by atoms with Crippen molar-refractivity contribution in [1.29, 1.82) is 0 Å². The lowest BCUT2D eigenvalue weighted by Gasteiger charge is -2.25. The van der Waals surface area contributed by atoms with Crippen LogP contribution in [0.1, 0.15) is 23.4 Å². The molecule has 1 aliphatic carbocycles. The molecule has 1 saturated carbocycles. The monoisotopic (exact) mass is 208 g/mol. The number of carboxylic acids is 1. The van der Waals surface area contributed by atoms with Crippen molar-refractivity contribution in [3.8, 4) is 0 Å². The van der Waals surface area contributed by atoms with Crippen molar-refractivity contribution in [2.75, 3.05) is 17.2 Å². The SMILES string of the molecule is O=C(O)c1occ2c1NC(C1CC1)CN2. The molecule has 80 valence electrons. The van der Waals surface area contributed by atoms with Gasteiger partial charge in [-0.15, -0.1) is 0 Å². The molecule has 2 aliphatic rings. The van der Waals surface area contributed by atoms with Gasteiger partial charge < -0.3 is 20.2 Å². The van der Waals surface area contributed by atoms with E-state index in [0.717, 1.165) is 12.2 Å². The van der Waals surface area contributed by atoms with Crippen molar-refractivity contribution >= 4 is 17.3 Å². The summed E-state index contributed by atoms with van der Waals surface area (Å²) in [4.78, 5) is 10.9. The topological polar surface area (TPSA) is 74.5 Å². The zero-order chi connectivity index (χ0) is 10.4. The minimum absolute atomic E-state index is 0.00264. The quantitative estimate of drug-likeness (QED) is 0.688. The Balaban J connectivity index is 1.91. The number of carboxylic acid groups (broad SMARTS) is 1. The van der Waals surface area contributed by atoms with Crippen LogP contribution in [0.3, 0.4) is 0 Å². The Morgan fingerprint density at radius 3 is 3.00 bits per heavy atom. The van der Waals surface area contributed by atoms with Gasteiger partial charge in [0.05, 0.1) is 5.69 Å². The third-order valence-electron chi connectivity index (χ3n) is 3.02. The normalized spacial score (nSPS) is 23.9. The summed E-state index contributed by atoms with van der Waals surface area (Å²) in [5, 5.41) is 15.4. The van der Waals surface area contributed by atoms with Crippen LogP contribution in [-0.4, -0.2) is 23.7 Å². The highest BCUT2D eigenvalue weighted by Crippen LogP contribution is 2.39. The molecule has 0 radical (unpaired) electrons. The van der Waals surface area contributed by atoms with E-state index in [1.807, 2.05) is 0 Å². The predicted molar refractivity (Wildman–Crippen MR) is 54.3 cm³/mol. The number of aromatic carboxylic acids is 1. The molecule has 1 aliphatic heterocycles. The molecule has 3 N–H and O–H groups in total. The van der Waals surface area contributed by atoms with Gasteiger partial charge in [-0.2, -0.15) is 0 Å². The highest BCUT2D eigenvalue weighted by Gasteiger charge is 2.35. The van der Waals surface area contributed by atoms with E-state index in [-0.39, 0.29) is 5.76 Å². The van der Waals surface area contributed by atoms with Crippen molar-refractivity contribution in [1.82, 2.24) is 0 Å². The molecule has 15 heavy (non-hydrogen) atoms. The number of anilines is 2. The fourth-order valence-corrected chi connectivity index (χ4v) is 2.03. The number of rotatable bonds is 2. The molecule has 1 aromatic rings. The first-order chi connectivity index (χ1) is 7.25. The van der Waals surface area contributed by atoms with Crippen LogP contribution in [-0.2, 0) is 0 Å². The highest BCUT2D eigenvalue weighted by atomic mass is 16.4. The number of fused-ring (bicyclic) bond motifs is 1. The van der Waals surface area contributed by atoms with Gasteiger partial charge in [0, 0.05) is 12.6 Å². The second-order valence-electron chi connectivity index (χ2n) is 4.13. The predicted octanol–water partition coefficient (Wildman–Crippen LogP) is 1.59. The van der Waals surface area contributed by atoms with Crippen LogP contribution in [0.5, 0.6) is 0 Å². The Morgan fingerprint density at radius 1 is 1.53 bits per heavy atom. The Morgan fingerprint density at radius 2 is 2.33 bits per heavy atom. The first-order valence-corrected chi connectivity index (χ1v) is 5.11. The molecule has 0 saturated heterocycles. The lowest BCUT2D eigenvalue weighted by molar-refractivity contribution is 0.0664. The number of furan rings is 1. The first kappa shape index (κ1) is 8.64. The van der Waals surface area contributed by atoms with E-state index in [1.165, 1.54) is 19.1 Å². The summed E-state index contributed by atoms with van der Waals surface area (Å²) in [6.45, 7) is 0.844. The summed E-state index contributed by atoms with van der Waals surface area (Å²) < 4.78 is 5.00. The van der Waals surface area contributed by atoms with Gasteiger partial charge in [-0.1, -0.05) is 0 Å². The number of hydrogen-bond donors (Lipinski definition) is 3. The minimum atomic E-state index is -1.03. The molecule has 0 bridgehead atoms. The Hall–Kier alpha value is -1.65. The fourth-order valence-electron chi connectivity index (χ4n) is 2.03. The molecule has 3 rings (SSSR count). The van der Waals surface area contributed by atoms with Gasteiger partial charge in [0.15, 0.2) is 0 Å². The van der Waals surface area contributed by atoms with Gasteiger partial charge >= 0.3 is 5.97 Å². The van der Waals surface area contributed by atoms with Crippen LogP contribution in [0, 0.1) is 5.92 Å². The van der Waals surface area contributed by atoms with E-state index in [9.17, 15) is 4.79 Å². The molecule has 1 fully saturated rings. The Bertz CT molecular complexity index is 409. The molecular weight excluding hydrogens is 196 g/mol. The van der Waals surface area contributed by atoms with Crippen LogP contribution >= 0.6 is 0 Å². The maximum atomic E-state index is 10.9. The van der Waals surface area contributed by atoms with Crippen LogP contribution in [0.25, 0.3) is 0 Å². The van der Waals surface area contributed by atoms with E-state index in [1.54, 1.807) is 0 Å². The summed E-state index contributed by atoms with van der Waals surface area (Å²) in [7, 11) is 0. The summed E-state index contributed by atoms with van der Waals surface area (Å²) in [5.41, 5.74) is 1.36. The van der Waals surface area contributed by atoms with Crippen molar-refractivity contribution in [2.45, 2.75) is 18.9 Å². The lowest BCUT2D eigenvalue weighted by atomic mass is 10.1. The van der Waals surface area contributed by atoms with E-state index in [2.05, 4.69) is 10.6 Å². The van der Waals surface area contributed by atoms with Crippen LogP contribution in [0.4, 0.5) is 11.4 Å². The molecule has 1 aromatic heterocycles. The van der Waals surface area contributed by atoms with E-state index >= 15 is 0 Å². The fraction of sp³-hybridized carbons (Fsp3) is 0.500.